The maximum Gasteiger partial charge on any atom is 0.255 e. The average molecular weight is 340 g/mol. The van der Waals surface area contributed by atoms with Crippen molar-refractivity contribution >= 4 is 11.7 Å². The van der Waals surface area contributed by atoms with E-state index >= 15 is 0 Å². The number of halogens is 2. The molecule has 0 bridgehead atoms. The number of piperidine rings is 1. The highest BCUT2D eigenvalue weighted by Gasteiger charge is 2.23. The summed E-state index contributed by atoms with van der Waals surface area (Å²) in [6.45, 7) is 7.34. The first kappa shape index (κ1) is 18.5. The molecule has 2 heterocycles. The molecule has 0 aliphatic carbocycles. The van der Waals surface area contributed by atoms with Crippen LogP contribution >= 0.6 is 0 Å². The van der Waals surface area contributed by atoms with Crippen molar-refractivity contribution in [3.8, 4) is 0 Å². The smallest absolute Gasteiger partial charge is 0.255 e. The van der Waals surface area contributed by atoms with E-state index in [9.17, 15) is 13.6 Å². The number of hydrogen-bond acceptors (Lipinski definition) is 4. The summed E-state index contributed by atoms with van der Waals surface area (Å²) in [5, 5.41) is 10.9. The lowest BCUT2D eigenvalue weighted by Gasteiger charge is -2.32. The highest BCUT2D eigenvalue weighted by atomic mass is 19.3. The molecule has 1 N–H and O–H groups in total. The van der Waals surface area contributed by atoms with Gasteiger partial charge < -0.3 is 10.2 Å². The number of alkyl halides is 2. The molecule has 0 saturated carbocycles. The first-order valence-electron chi connectivity index (χ1n) is 8.39. The minimum Gasteiger partial charge on any atom is -0.355 e. The second kappa shape index (κ2) is 7.85. The molecule has 5 nitrogen and oxygen atoms in total. The van der Waals surface area contributed by atoms with Gasteiger partial charge in [-0.15, -0.1) is 5.10 Å². The normalized spacial score (nSPS) is 16.5. The molecule has 0 radical (unpaired) electrons. The molecule has 134 valence electrons. The Morgan fingerprint density at radius 3 is 2.46 bits per heavy atom. The number of rotatable bonds is 5. The summed E-state index contributed by atoms with van der Waals surface area (Å²) >= 11 is 0. The van der Waals surface area contributed by atoms with E-state index in [0.717, 1.165) is 37.4 Å². The van der Waals surface area contributed by atoms with Crippen molar-refractivity contribution in [3.63, 3.8) is 0 Å². The predicted octanol–water partition coefficient (Wildman–Crippen LogP) is 2.76. The fourth-order valence-electron chi connectivity index (χ4n) is 2.79. The molecule has 0 aromatic carbocycles. The van der Waals surface area contributed by atoms with Crippen LogP contribution in [0.25, 0.3) is 0 Å². The van der Waals surface area contributed by atoms with Gasteiger partial charge in [0.25, 0.3) is 6.43 Å². The first-order chi connectivity index (χ1) is 11.3. The number of carbonyl (C=O) groups is 1. The first-order valence-corrected chi connectivity index (χ1v) is 8.39. The summed E-state index contributed by atoms with van der Waals surface area (Å²) in [5.41, 5.74) is 0.932. The molecule has 0 atom stereocenters. The Labute approximate surface area is 141 Å². The lowest BCUT2D eigenvalue weighted by atomic mass is 9.92. The molecule has 1 saturated heterocycles. The van der Waals surface area contributed by atoms with Crippen LogP contribution in [0.15, 0.2) is 12.1 Å². The number of carbonyl (C=O) groups excluding carboxylic acids is 1. The topological polar surface area (TPSA) is 58.1 Å². The van der Waals surface area contributed by atoms with Gasteiger partial charge in [-0.1, -0.05) is 20.8 Å². The van der Waals surface area contributed by atoms with Crippen LogP contribution in [0.5, 0.6) is 0 Å². The molecule has 0 spiro atoms. The van der Waals surface area contributed by atoms with E-state index in [4.69, 9.17) is 0 Å². The maximum atomic E-state index is 12.1. The van der Waals surface area contributed by atoms with Crippen molar-refractivity contribution in [1.29, 1.82) is 0 Å². The highest BCUT2D eigenvalue weighted by molar-refractivity contribution is 5.76. The van der Waals surface area contributed by atoms with Crippen molar-refractivity contribution in [1.82, 2.24) is 15.5 Å². The van der Waals surface area contributed by atoms with Gasteiger partial charge in [-0.25, -0.2) is 8.78 Å². The molecule has 1 aliphatic heterocycles. The van der Waals surface area contributed by atoms with Crippen LogP contribution in [0.1, 0.15) is 45.7 Å². The lowest BCUT2D eigenvalue weighted by Crippen LogP contribution is -2.37. The van der Waals surface area contributed by atoms with E-state index < -0.39 is 13.0 Å². The molecular weight excluding hydrogens is 314 g/mol. The highest BCUT2D eigenvalue weighted by Crippen LogP contribution is 2.25. The Morgan fingerprint density at radius 1 is 1.29 bits per heavy atom. The summed E-state index contributed by atoms with van der Waals surface area (Å²) in [5.74, 6) is 0.799. The fourth-order valence-corrected chi connectivity index (χ4v) is 2.79. The van der Waals surface area contributed by atoms with Crippen LogP contribution in [-0.4, -0.2) is 42.2 Å². The number of hydrogen-bond donors (Lipinski definition) is 1. The van der Waals surface area contributed by atoms with Crippen molar-refractivity contribution in [2.24, 2.45) is 5.92 Å². The molecule has 0 unspecified atom stereocenters. The van der Waals surface area contributed by atoms with Gasteiger partial charge in [-0.2, -0.15) is 5.10 Å². The van der Waals surface area contributed by atoms with E-state index in [-0.39, 0.29) is 17.2 Å². The number of amides is 1. The van der Waals surface area contributed by atoms with Crippen molar-refractivity contribution in [2.75, 3.05) is 24.5 Å². The summed E-state index contributed by atoms with van der Waals surface area (Å²) in [7, 11) is 0. The van der Waals surface area contributed by atoms with Crippen LogP contribution in [0.4, 0.5) is 14.6 Å². The summed E-state index contributed by atoms with van der Waals surface area (Å²) < 4.78 is 24.2. The van der Waals surface area contributed by atoms with Gasteiger partial charge in [0.05, 0.1) is 12.2 Å². The molecule has 1 aliphatic rings. The molecule has 2 rings (SSSR count). The minimum atomic E-state index is -2.49. The zero-order valence-corrected chi connectivity index (χ0v) is 14.6. The largest absolute Gasteiger partial charge is 0.355 e. The van der Waals surface area contributed by atoms with Crippen molar-refractivity contribution in [3.05, 3.63) is 17.8 Å². The predicted molar refractivity (Wildman–Crippen MR) is 89.3 cm³/mol. The Bertz CT molecular complexity index is 535. The standard InChI is InChI=1S/C17H26F2N4O/c1-17(2,3)13-4-5-15(22-21-13)23-8-6-12(7-9-23)10-16(24)20-11-14(18)19/h4-5,12,14H,6-11H2,1-3H3,(H,20,24). The summed E-state index contributed by atoms with van der Waals surface area (Å²) in [6.07, 6.45) is -0.476. The molecule has 1 aromatic heterocycles. The average Bonchev–Trinajstić information content (AvgIpc) is 2.53. The van der Waals surface area contributed by atoms with Gasteiger partial charge in [0, 0.05) is 24.9 Å². The molecule has 7 heteroatoms. The second-order valence-electron chi connectivity index (χ2n) is 7.36. The quantitative estimate of drug-likeness (QED) is 0.895. The zero-order valence-electron chi connectivity index (χ0n) is 14.6. The zero-order chi connectivity index (χ0) is 17.7. The Morgan fingerprint density at radius 2 is 1.96 bits per heavy atom. The van der Waals surface area contributed by atoms with Gasteiger partial charge in [0.2, 0.25) is 5.91 Å². The monoisotopic (exact) mass is 340 g/mol. The maximum absolute atomic E-state index is 12.1. The molecule has 1 aromatic rings. The third-order valence-electron chi connectivity index (χ3n) is 4.29. The van der Waals surface area contributed by atoms with Crippen molar-refractivity contribution < 1.29 is 13.6 Å². The van der Waals surface area contributed by atoms with E-state index in [0.29, 0.717) is 6.42 Å². The molecule has 1 amide bonds. The summed E-state index contributed by atoms with van der Waals surface area (Å²) in [6, 6.07) is 4.00. The molecule has 1 fully saturated rings. The van der Waals surface area contributed by atoms with E-state index in [1.54, 1.807) is 0 Å². The van der Waals surface area contributed by atoms with E-state index in [1.165, 1.54) is 0 Å². The van der Waals surface area contributed by atoms with Crippen molar-refractivity contribution in [2.45, 2.75) is 51.9 Å². The van der Waals surface area contributed by atoms with Gasteiger partial charge in [0.1, 0.15) is 0 Å². The Hall–Kier alpha value is -1.79. The van der Waals surface area contributed by atoms with Crippen LogP contribution in [0.2, 0.25) is 0 Å². The van der Waals surface area contributed by atoms with Gasteiger partial charge >= 0.3 is 0 Å². The SMILES string of the molecule is CC(C)(C)c1ccc(N2CCC(CC(=O)NCC(F)F)CC2)nn1. The van der Waals surface area contributed by atoms with Crippen LogP contribution in [0.3, 0.4) is 0 Å². The fraction of sp³-hybridized carbons (Fsp3) is 0.706. The van der Waals surface area contributed by atoms with Crippen LogP contribution in [-0.2, 0) is 10.2 Å². The third kappa shape index (κ3) is 5.39. The summed E-state index contributed by atoms with van der Waals surface area (Å²) in [4.78, 5) is 13.8. The van der Waals surface area contributed by atoms with Crippen LogP contribution < -0.4 is 10.2 Å². The van der Waals surface area contributed by atoms with Gasteiger partial charge in [-0.05, 0) is 30.9 Å². The van der Waals surface area contributed by atoms with E-state index in [2.05, 4.69) is 41.2 Å². The van der Waals surface area contributed by atoms with E-state index in [1.807, 2.05) is 12.1 Å². The third-order valence-corrected chi connectivity index (χ3v) is 4.29. The second-order valence-corrected chi connectivity index (χ2v) is 7.36. The van der Waals surface area contributed by atoms with Gasteiger partial charge in [0.15, 0.2) is 5.82 Å². The minimum absolute atomic E-state index is 0.0237. The lowest BCUT2D eigenvalue weighted by molar-refractivity contribution is -0.122. The Balaban J connectivity index is 1.81. The molecule has 24 heavy (non-hydrogen) atoms. The number of aromatic nitrogens is 2. The molecular formula is C17H26F2N4O. The van der Waals surface area contributed by atoms with Gasteiger partial charge in [-0.3, -0.25) is 4.79 Å². The number of nitrogens with zero attached hydrogens (tertiary/aromatic N) is 3. The Kier molecular flexibility index (Phi) is 6.07. The number of anilines is 1. The van der Waals surface area contributed by atoms with Crippen LogP contribution in [0, 0.1) is 5.92 Å². The number of nitrogens with one attached hydrogen (secondary N) is 1.